The number of fused-ring (bicyclic) bond motifs is 1. The SMILES string of the molecule is CCC(C)C(=O)C(=O)NCCn1c[n+](C)c2ccccc21.[I-]. The van der Waals surface area contributed by atoms with Gasteiger partial charge in [0.2, 0.25) is 12.1 Å². The van der Waals surface area contributed by atoms with Gasteiger partial charge in [-0.25, -0.2) is 9.13 Å². The molecule has 0 saturated carbocycles. The maximum absolute atomic E-state index is 11.7. The van der Waals surface area contributed by atoms with Crippen molar-refractivity contribution in [2.24, 2.45) is 13.0 Å². The first kappa shape index (κ1) is 18.6. The van der Waals surface area contributed by atoms with Gasteiger partial charge in [0.05, 0.1) is 13.6 Å². The van der Waals surface area contributed by atoms with Crippen molar-refractivity contribution in [3.63, 3.8) is 0 Å². The first-order valence-electron chi connectivity index (χ1n) is 7.30. The third-order valence-electron chi connectivity index (χ3n) is 3.81. The van der Waals surface area contributed by atoms with Crippen molar-refractivity contribution < 1.29 is 38.1 Å². The van der Waals surface area contributed by atoms with Crippen LogP contribution < -0.4 is 33.9 Å². The third-order valence-corrected chi connectivity index (χ3v) is 3.81. The standard InChI is InChI=1S/C16H21N3O2.HI/c1-4-12(2)15(20)16(21)17-9-10-19-11-18(3)13-7-5-6-8-14(13)19;/h5-8,11-12H,4,9-10H2,1-3H3;1H. The molecule has 2 aromatic rings. The van der Waals surface area contributed by atoms with Gasteiger partial charge in [0, 0.05) is 5.92 Å². The highest BCUT2D eigenvalue weighted by Gasteiger charge is 2.19. The molecule has 0 aliphatic carbocycles. The van der Waals surface area contributed by atoms with Crippen molar-refractivity contribution >= 4 is 22.7 Å². The van der Waals surface area contributed by atoms with Crippen LogP contribution in [0, 0.1) is 5.92 Å². The molecule has 0 aliphatic heterocycles. The monoisotopic (exact) mass is 415 g/mol. The Hall–Kier alpha value is -1.44. The van der Waals surface area contributed by atoms with E-state index in [0.717, 1.165) is 11.0 Å². The van der Waals surface area contributed by atoms with Crippen LogP contribution in [0.5, 0.6) is 0 Å². The quantitative estimate of drug-likeness (QED) is 0.344. The van der Waals surface area contributed by atoms with Gasteiger partial charge in [-0.2, -0.15) is 0 Å². The van der Waals surface area contributed by atoms with Crippen molar-refractivity contribution in [2.45, 2.75) is 26.8 Å². The number of carbonyl (C=O) groups excluding carboxylic acids is 2. The molecule has 0 radical (unpaired) electrons. The van der Waals surface area contributed by atoms with Gasteiger partial charge >= 0.3 is 0 Å². The Labute approximate surface area is 147 Å². The Morgan fingerprint density at radius 3 is 2.68 bits per heavy atom. The third kappa shape index (κ3) is 4.06. The van der Waals surface area contributed by atoms with Gasteiger partial charge in [-0.05, 0) is 18.6 Å². The molecular formula is C16H22IN3O2. The summed E-state index contributed by atoms with van der Waals surface area (Å²) >= 11 is 0. The number of benzene rings is 1. The van der Waals surface area contributed by atoms with E-state index in [0.29, 0.717) is 19.5 Å². The second-order valence-corrected chi connectivity index (χ2v) is 5.34. The fraction of sp³-hybridized carbons (Fsp3) is 0.438. The van der Waals surface area contributed by atoms with Crippen molar-refractivity contribution in [1.82, 2.24) is 9.88 Å². The molecule has 0 fully saturated rings. The maximum atomic E-state index is 11.7. The van der Waals surface area contributed by atoms with E-state index in [1.54, 1.807) is 6.92 Å². The van der Waals surface area contributed by atoms with Gasteiger partial charge in [-0.3, -0.25) is 9.59 Å². The summed E-state index contributed by atoms with van der Waals surface area (Å²) < 4.78 is 4.12. The van der Waals surface area contributed by atoms with E-state index in [4.69, 9.17) is 0 Å². The Bertz CT molecular complexity index is 666. The topological polar surface area (TPSA) is 55.0 Å². The fourth-order valence-corrected chi connectivity index (χ4v) is 2.30. The number of para-hydroxylation sites is 2. The number of rotatable bonds is 6. The van der Waals surface area contributed by atoms with Gasteiger partial charge in [-0.15, -0.1) is 0 Å². The molecule has 22 heavy (non-hydrogen) atoms. The van der Waals surface area contributed by atoms with Crippen molar-refractivity contribution in [3.05, 3.63) is 30.6 Å². The molecule has 0 aliphatic rings. The molecule has 120 valence electrons. The van der Waals surface area contributed by atoms with Crippen molar-refractivity contribution in [3.8, 4) is 0 Å². The lowest BCUT2D eigenvalue weighted by atomic mass is 10.0. The van der Waals surface area contributed by atoms with Crippen LogP contribution in [0.25, 0.3) is 11.0 Å². The molecule has 1 amide bonds. The average molecular weight is 415 g/mol. The van der Waals surface area contributed by atoms with Crippen LogP contribution >= 0.6 is 0 Å². The van der Waals surface area contributed by atoms with Gasteiger partial charge in [-0.1, -0.05) is 26.0 Å². The number of amides is 1. The van der Waals surface area contributed by atoms with Crippen LogP contribution in [-0.2, 0) is 23.2 Å². The minimum absolute atomic E-state index is 0. The van der Waals surface area contributed by atoms with E-state index in [1.165, 1.54) is 0 Å². The summed E-state index contributed by atoms with van der Waals surface area (Å²) in [5.41, 5.74) is 2.25. The number of carbonyl (C=O) groups is 2. The minimum Gasteiger partial charge on any atom is -1.00 e. The first-order valence-corrected chi connectivity index (χ1v) is 7.30. The zero-order chi connectivity index (χ0) is 15.4. The van der Waals surface area contributed by atoms with E-state index in [2.05, 4.69) is 16.0 Å². The van der Waals surface area contributed by atoms with E-state index in [9.17, 15) is 9.59 Å². The molecule has 2 rings (SSSR count). The lowest BCUT2D eigenvalue weighted by Gasteiger charge is -2.07. The van der Waals surface area contributed by atoms with Crippen LogP contribution in [0.1, 0.15) is 20.3 Å². The van der Waals surface area contributed by atoms with Crippen LogP contribution in [-0.4, -0.2) is 22.8 Å². The van der Waals surface area contributed by atoms with Crippen molar-refractivity contribution in [1.29, 1.82) is 0 Å². The summed E-state index contributed by atoms with van der Waals surface area (Å²) in [5.74, 6) is -1.03. The molecule has 1 atom stereocenters. The molecule has 0 saturated heterocycles. The largest absolute Gasteiger partial charge is 1.00 e. The number of imidazole rings is 1. The molecule has 5 nitrogen and oxygen atoms in total. The average Bonchev–Trinajstić information content (AvgIpc) is 2.82. The highest BCUT2D eigenvalue weighted by molar-refractivity contribution is 6.36. The molecule has 6 heteroatoms. The fourth-order valence-electron chi connectivity index (χ4n) is 2.30. The Kier molecular flexibility index (Phi) is 6.99. The molecule has 0 spiro atoms. The number of nitrogens with one attached hydrogen (secondary N) is 1. The molecule has 1 unspecified atom stereocenters. The summed E-state index contributed by atoms with van der Waals surface area (Å²) in [5, 5.41) is 2.70. The molecule has 0 bridgehead atoms. The minimum atomic E-state index is -0.481. The molecule has 1 aromatic carbocycles. The van der Waals surface area contributed by atoms with E-state index < -0.39 is 5.91 Å². The van der Waals surface area contributed by atoms with Gasteiger partial charge in [0.15, 0.2) is 11.0 Å². The zero-order valence-corrected chi connectivity index (χ0v) is 15.3. The summed E-state index contributed by atoms with van der Waals surface area (Å²) in [4.78, 5) is 23.4. The van der Waals surface area contributed by atoms with Crippen LogP contribution in [0.15, 0.2) is 30.6 Å². The van der Waals surface area contributed by atoms with Gasteiger partial charge in [0.1, 0.15) is 6.54 Å². The number of halogens is 1. The lowest BCUT2D eigenvalue weighted by molar-refractivity contribution is -0.645. The van der Waals surface area contributed by atoms with Crippen molar-refractivity contribution in [2.75, 3.05) is 6.54 Å². The highest BCUT2D eigenvalue weighted by atomic mass is 127. The number of hydrogen-bond acceptors (Lipinski definition) is 2. The summed E-state index contributed by atoms with van der Waals surface area (Å²) in [6.45, 7) is 4.77. The van der Waals surface area contributed by atoms with Crippen LogP contribution in [0.2, 0.25) is 0 Å². The molecule has 1 N–H and O–H groups in total. The van der Waals surface area contributed by atoms with E-state index >= 15 is 0 Å². The molecule has 1 heterocycles. The van der Waals surface area contributed by atoms with E-state index in [1.807, 2.05) is 43.1 Å². The number of Topliss-reactive ketones (excluding diaryl/α,β-unsaturated/α-hetero) is 1. The number of aromatic nitrogens is 2. The Balaban J connectivity index is 0.00000242. The normalized spacial score (nSPS) is 11.8. The molecule has 1 aromatic heterocycles. The number of nitrogens with zero attached hydrogens (tertiary/aromatic N) is 2. The Morgan fingerprint density at radius 1 is 1.32 bits per heavy atom. The summed E-state index contributed by atoms with van der Waals surface area (Å²) in [6.07, 6.45) is 2.68. The Morgan fingerprint density at radius 2 is 2.00 bits per heavy atom. The van der Waals surface area contributed by atoms with Gasteiger partial charge in [0.25, 0.3) is 5.91 Å². The van der Waals surface area contributed by atoms with Crippen LogP contribution in [0.3, 0.4) is 0 Å². The number of hydrogen-bond donors (Lipinski definition) is 1. The van der Waals surface area contributed by atoms with E-state index in [-0.39, 0.29) is 35.7 Å². The number of ketones is 1. The zero-order valence-electron chi connectivity index (χ0n) is 13.2. The lowest BCUT2D eigenvalue weighted by Crippen LogP contribution is -3.00. The first-order chi connectivity index (χ1) is 10.0. The second-order valence-electron chi connectivity index (χ2n) is 5.34. The summed E-state index contributed by atoms with van der Waals surface area (Å²) in [6, 6.07) is 8.08. The predicted molar refractivity (Wildman–Crippen MR) is 80.6 cm³/mol. The predicted octanol–water partition coefficient (Wildman–Crippen LogP) is -1.80. The number of aryl methyl sites for hydroxylation is 1. The highest BCUT2D eigenvalue weighted by Crippen LogP contribution is 2.09. The van der Waals surface area contributed by atoms with Crippen LogP contribution in [0.4, 0.5) is 0 Å². The summed E-state index contributed by atoms with van der Waals surface area (Å²) in [7, 11) is 1.99. The maximum Gasteiger partial charge on any atom is 0.287 e. The van der Waals surface area contributed by atoms with Gasteiger partial charge < -0.3 is 29.3 Å². The smallest absolute Gasteiger partial charge is 0.287 e. The second kappa shape index (κ2) is 8.26. The molecular weight excluding hydrogens is 393 g/mol.